The number of aryl methyl sites for hydroxylation is 1. The zero-order chi connectivity index (χ0) is 28.2. The first kappa shape index (κ1) is 33.3. The van der Waals surface area contributed by atoms with Crippen molar-refractivity contribution in [1.29, 1.82) is 0 Å². The predicted molar refractivity (Wildman–Crippen MR) is 164 cm³/mol. The highest BCUT2D eigenvalue weighted by Gasteiger charge is 2.50. The molecule has 36 heavy (non-hydrogen) atoms. The quantitative estimate of drug-likeness (QED) is 0.264. The van der Waals surface area contributed by atoms with E-state index in [0.29, 0.717) is 22.8 Å². The van der Waals surface area contributed by atoms with Gasteiger partial charge in [-0.05, 0) is 77.8 Å². The maximum Gasteiger partial charge on any atom is 0.334 e. The molecule has 0 radical (unpaired) electrons. The fourth-order valence-corrected chi connectivity index (χ4v) is 22.1. The molecule has 2 atom stereocenters. The molecule has 1 aromatic carbocycles. The second kappa shape index (κ2) is 12.4. The summed E-state index contributed by atoms with van der Waals surface area (Å²) in [5.74, 6) is -0.0453. The summed E-state index contributed by atoms with van der Waals surface area (Å²) in [4.78, 5) is 13.2. The van der Waals surface area contributed by atoms with Gasteiger partial charge in [-0.25, -0.2) is 0 Å². The van der Waals surface area contributed by atoms with E-state index in [1.165, 1.54) is 5.56 Å². The molecule has 1 N–H and O–H groups in total. The van der Waals surface area contributed by atoms with Crippen LogP contribution in [-0.2, 0) is 14.7 Å². The molecule has 208 valence electrons. The topological polar surface area (TPSA) is 47.6 Å². The highest BCUT2D eigenvalue weighted by molar-refractivity contribution is 6.90. The van der Waals surface area contributed by atoms with Gasteiger partial charge in [-0.2, -0.15) is 0 Å². The number of rotatable bonds is 12. The SMILES string of the molecule is CCc1ccc(C(=O)NC[Si](C)(O[Si](C)(CC(C)(C)C)C(C)C)O[Si](C)(CC(C)(C)C)C(C)C)cc1. The second-order valence-corrected chi connectivity index (χ2v) is 27.0. The molecule has 2 unspecified atom stereocenters. The summed E-state index contributed by atoms with van der Waals surface area (Å²) in [6, 6.07) is 10.1. The van der Waals surface area contributed by atoms with Crippen molar-refractivity contribution in [3.63, 3.8) is 0 Å². The molecule has 0 aliphatic carbocycles. The molecule has 0 fully saturated rings. The largest absolute Gasteiger partial charge is 0.435 e. The molecule has 1 amide bonds. The normalized spacial score (nSPS) is 18.0. The summed E-state index contributed by atoms with van der Waals surface area (Å²) in [5.41, 5.74) is 3.20. The third kappa shape index (κ3) is 10.6. The predicted octanol–water partition coefficient (Wildman–Crippen LogP) is 8.69. The van der Waals surface area contributed by atoms with Crippen LogP contribution in [-0.4, -0.2) is 37.3 Å². The molecule has 1 aromatic rings. The van der Waals surface area contributed by atoms with Gasteiger partial charge in [0.05, 0.1) is 6.17 Å². The molecular weight excluding hydrogens is 495 g/mol. The minimum atomic E-state index is -2.77. The fraction of sp³-hybridized carbons (Fsp3) is 0.759. The van der Waals surface area contributed by atoms with E-state index in [9.17, 15) is 4.79 Å². The van der Waals surface area contributed by atoms with Gasteiger partial charge in [0.1, 0.15) is 0 Å². The Morgan fingerprint density at radius 1 is 0.806 bits per heavy atom. The smallest absolute Gasteiger partial charge is 0.334 e. The van der Waals surface area contributed by atoms with Gasteiger partial charge in [0.2, 0.25) is 0 Å². The number of carbonyl (C=O) groups excluding carboxylic acids is 1. The third-order valence-electron chi connectivity index (χ3n) is 7.30. The Morgan fingerprint density at radius 3 is 1.50 bits per heavy atom. The fourth-order valence-electron chi connectivity index (χ4n) is 5.14. The lowest BCUT2D eigenvalue weighted by Gasteiger charge is -2.48. The highest BCUT2D eigenvalue weighted by atomic mass is 28.5. The Bertz CT molecular complexity index is 807. The van der Waals surface area contributed by atoms with Crippen LogP contribution in [0.4, 0.5) is 0 Å². The van der Waals surface area contributed by atoms with Crippen molar-refractivity contribution in [3.8, 4) is 0 Å². The lowest BCUT2D eigenvalue weighted by atomic mass is 10.0. The molecule has 0 bridgehead atoms. The number of nitrogens with one attached hydrogen (secondary N) is 1. The molecule has 0 spiro atoms. The molecule has 0 aliphatic heterocycles. The summed E-state index contributed by atoms with van der Waals surface area (Å²) in [7, 11) is -7.06. The van der Waals surface area contributed by atoms with Gasteiger partial charge in [0.15, 0.2) is 16.6 Å². The van der Waals surface area contributed by atoms with Crippen molar-refractivity contribution >= 4 is 31.1 Å². The van der Waals surface area contributed by atoms with Crippen LogP contribution in [0.25, 0.3) is 0 Å². The zero-order valence-electron chi connectivity index (χ0n) is 26.0. The number of hydrogen-bond donors (Lipinski definition) is 1. The average Bonchev–Trinajstić information content (AvgIpc) is 2.68. The van der Waals surface area contributed by atoms with Gasteiger partial charge in [-0.1, -0.05) is 88.3 Å². The highest BCUT2D eigenvalue weighted by Crippen LogP contribution is 2.41. The summed E-state index contributed by atoms with van der Waals surface area (Å²) >= 11 is 0. The van der Waals surface area contributed by atoms with Crippen LogP contribution in [0.2, 0.25) is 42.8 Å². The second-order valence-electron chi connectivity index (χ2n) is 14.5. The van der Waals surface area contributed by atoms with Crippen molar-refractivity contribution in [3.05, 3.63) is 35.4 Å². The van der Waals surface area contributed by atoms with Crippen LogP contribution in [0.1, 0.15) is 92.1 Å². The van der Waals surface area contributed by atoms with Crippen LogP contribution in [0.15, 0.2) is 24.3 Å². The number of hydrogen-bond acceptors (Lipinski definition) is 3. The first-order valence-corrected chi connectivity index (χ1v) is 21.8. The standard InChI is InChI=1S/C29H57NO3Si3/c1-15-25-16-18-26(19-17-25)27(31)30-22-36(14,32-34(12,23(2)3)20-28(6,7)8)33-35(13,24(4)5)21-29(9,10)11/h16-19,23-24H,15,20-22H2,1-14H3,(H,30,31). The van der Waals surface area contributed by atoms with Crippen LogP contribution < -0.4 is 5.32 Å². The van der Waals surface area contributed by atoms with Gasteiger partial charge in [0, 0.05) is 5.56 Å². The molecule has 0 aliphatic rings. The van der Waals surface area contributed by atoms with E-state index in [1.807, 2.05) is 24.3 Å². The lowest BCUT2D eigenvalue weighted by Crippen LogP contribution is -2.63. The van der Waals surface area contributed by atoms with Crippen LogP contribution >= 0.6 is 0 Å². The van der Waals surface area contributed by atoms with Gasteiger partial charge in [0.25, 0.3) is 5.91 Å². The molecule has 0 aromatic heterocycles. The van der Waals surface area contributed by atoms with Crippen molar-refractivity contribution in [2.75, 3.05) is 6.17 Å². The van der Waals surface area contributed by atoms with E-state index in [-0.39, 0.29) is 16.7 Å². The van der Waals surface area contributed by atoms with Crippen molar-refractivity contribution < 1.29 is 13.0 Å². The third-order valence-corrected chi connectivity index (χ3v) is 23.7. The minimum absolute atomic E-state index is 0.0453. The van der Waals surface area contributed by atoms with E-state index in [0.717, 1.165) is 18.5 Å². The zero-order valence-corrected chi connectivity index (χ0v) is 29.0. The van der Waals surface area contributed by atoms with Crippen molar-refractivity contribution in [1.82, 2.24) is 5.32 Å². The Labute approximate surface area is 226 Å². The molecule has 0 heterocycles. The number of amides is 1. The summed E-state index contributed by atoms with van der Waals surface area (Å²) in [6.07, 6.45) is 1.44. The van der Waals surface area contributed by atoms with E-state index in [4.69, 9.17) is 8.23 Å². The van der Waals surface area contributed by atoms with Crippen LogP contribution in [0.5, 0.6) is 0 Å². The Morgan fingerprint density at radius 2 is 1.19 bits per heavy atom. The van der Waals surface area contributed by atoms with Crippen LogP contribution in [0.3, 0.4) is 0 Å². The summed E-state index contributed by atoms with van der Waals surface area (Å²) in [6.45, 7) is 32.1. The lowest BCUT2D eigenvalue weighted by molar-refractivity contribution is 0.0955. The van der Waals surface area contributed by atoms with E-state index >= 15 is 0 Å². The van der Waals surface area contributed by atoms with E-state index in [1.54, 1.807) is 0 Å². The summed E-state index contributed by atoms with van der Waals surface area (Å²) in [5, 5.41) is 3.24. The van der Waals surface area contributed by atoms with Gasteiger partial charge >= 0.3 is 8.56 Å². The number of benzene rings is 1. The van der Waals surface area contributed by atoms with Crippen LogP contribution in [0, 0.1) is 10.8 Å². The maximum atomic E-state index is 13.2. The minimum Gasteiger partial charge on any atom is -0.435 e. The molecular formula is C29H57NO3Si3. The number of carbonyl (C=O) groups is 1. The van der Waals surface area contributed by atoms with E-state index in [2.05, 4.69) is 101 Å². The first-order valence-electron chi connectivity index (χ1n) is 13.9. The van der Waals surface area contributed by atoms with Crippen molar-refractivity contribution in [2.24, 2.45) is 10.8 Å². The molecule has 7 heteroatoms. The van der Waals surface area contributed by atoms with Gasteiger partial charge in [-0.3, -0.25) is 4.79 Å². The first-order chi connectivity index (χ1) is 16.1. The molecule has 1 rings (SSSR count). The maximum absolute atomic E-state index is 13.2. The van der Waals surface area contributed by atoms with E-state index < -0.39 is 25.2 Å². The van der Waals surface area contributed by atoms with Crippen molar-refractivity contribution in [2.45, 2.75) is 125 Å². The molecule has 0 saturated carbocycles. The average molecular weight is 552 g/mol. The Hall–Kier alpha value is -0.739. The monoisotopic (exact) mass is 551 g/mol. The molecule has 0 saturated heterocycles. The molecule has 4 nitrogen and oxygen atoms in total. The summed E-state index contributed by atoms with van der Waals surface area (Å²) < 4.78 is 14.6. The van der Waals surface area contributed by atoms with Gasteiger partial charge in [-0.15, -0.1) is 0 Å². The Balaban J connectivity index is 3.37. The van der Waals surface area contributed by atoms with Gasteiger partial charge < -0.3 is 13.5 Å². The Kier molecular flexibility index (Phi) is 11.5.